The fourth-order valence-corrected chi connectivity index (χ4v) is 1.73. The molecule has 2 heterocycles. The number of pyridine rings is 1. The Kier molecular flexibility index (Phi) is 2.76. The van der Waals surface area contributed by atoms with Gasteiger partial charge in [-0.1, -0.05) is 6.07 Å². The van der Waals surface area contributed by atoms with E-state index in [1.165, 1.54) is 0 Å². The second-order valence-corrected chi connectivity index (χ2v) is 3.70. The molecule has 1 aromatic heterocycles. The second-order valence-electron chi connectivity index (χ2n) is 3.70. The van der Waals surface area contributed by atoms with E-state index in [1.54, 1.807) is 11.1 Å². The molecule has 0 aromatic carbocycles. The van der Waals surface area contributed by atoms with Gasteiger partial charge in [-0.2, -0.15) is 0 Å². The van der Waals surface area contributed by atoms with Gasteiger partial charge in [-0.15, -0.1) is 0 Å². The molecule has 1 aliphatic heterocycles. The Bertz CT molecular complexity index is 364. The number of amides is 1. The van der Waals surface area contributed by atoms with Crippen LogP contribution in [0.2, 0.25) is 0 Å². The normalized spacial score (nSPS) is 20.7. The summed E-state index contributed by atoms with van der Waals surface area (Å²) in [6.45, 7) is 1.03. The first kappa shape index (κ1) is 9.83. The smallest absolute Gasteiger partial charge is 0.223 e. The molecule has 0 aliphatic carbocycles. The number of hydrogen-bond donors (Lipinski definition) is 0. The maximum absolute atomic E-state index is 11.5. The third-order valence-electron chi connectivity index (χ3n) is 2.52. The van der Waals surface area contributed by atoms with Crippen LogP contribution in [0.4, 0.5) is 0 Å². The Labute approximate surface area is 87.9 Å². The van der Waals surface area contributed by atoms with Crippen molar-refractivity contribution in [3.63, 3.8) is 0 Å². The van der Waals surface area contributed by atoms with Crippen molar-refractivity contribution in [2.24, 2.45) is 5.92 Å². The van der Waals surface area contributed by atoms with Crippen LogP contribution in [-0.4, -0.2) is 28.6 Å². The lowest BCUT2D eigenvalue weighted by atomic mass is 10.1. The SMILES string of the molecule is O=CC1CC(=O)N(Cc2ccccn2)C1. The molecule has 1 aliphatic rings. The van der Waals surface area contributed by atoms with E-state index in [2.05, 4.69) is 4.98 Å². The minimum Gasteiger partial charge on any atom is -0.336 e. The van der Waals surface area contributed by atoms with Crippen LogP contribution in [0.3, 0.4) is 0 Å². The van der Waals surface area contributed by atoms with E-state index in [0.29, 0.717) is 19.5 Å². The molecule has 4 heteroatoms. The summed E-state index contributed by atoms with van der Waals surface area (Å²) in [5, 5.41) is 0. The van der Waals surface area contributed by atoms with Crippen molar-refractivity contribution in [3.05, 3.63) is 30.1 Å². The molecule has 0 N–H and O–H groups in total. The Morgan fingerprint density at radius 3 is 3.00 bits per heavy atom. The zero-order valence-electron chi connectivity index (χ0n) is 8.30. The molecule has 78 valence electrons. The van der Waals surface area contributed by atoms with Crippen LogP contribution in [0.25, 0.3) is 0 Å². The molecule has 1 amide bonds. The molecule has 0 saturated carbocycles. The van der Waals surface area contributed by atoms with Crippen molar-refractivity contribution in [1.82, 2.24) is 9.88 Å². The number of nitrogens with zero attached hydrogens (tertiary/aromatic N) is 2. The van der Waals surface area contributed by atoms with Gasteiger partial charge < -0.3 is 9.69 Å². The van der Waals surface area contributed by atoms with Crippen LogP contribution in [0.5, 0.6) is 0 Å². The van der Waals surface area contributed by atoms with Gasteiger partial charge in [0, 0.05) is 25.1 Å². The van der Waals surface area contributed by atoms with Crippen LogP contribution < -0.4 is 0 Å². The van der Waals surface area contributed by atoms with Crippen LogP contribution in [0.15, 0.2) is 24.4 Å². The summed E-state index contributed by atoms with van der Waals surface area (Å²) < 4.78 is 0. The first-order chi connectivity index (χ1) is 7.29. The monoisotopic (exact) mass is 204 g/mol. The zero-order chi connectivity index (χ0) is 10.7. The topological polar surface area (TPSA) is 50.3 Å². The van der Waals surface area contributed by atoms with Gasteiger partial charge in [0.2, 0.25) is 5.91 Å². The predicted octanol–water partition coefficient (Wildman–Crippen LogP) is 0.629. The van der Waals surface area contributed by atoms with Gasteiger partial charge in [0.25, 0.3) is 0 Å². The molecule has 0 spiro atoms. The van der Waals surface area contributed by atoms with Gasteiger partial charge >= 0.3 is 0 Å². The molecule has 1 aromatic rings. The molecule has 15 heavy (non-hydrogen) atoms. The number of carbonyl (C=O) groups is 2. The molecule has 0 radical (unpaired) electrons. The van der Waals surface area contributed by atoms with Crippen molar-refractivity contribution in [2.45, 2.75) is 13.0 Å². The Hall–Kier alpha value is -1.71. The molecule has 1 atom stereocenters. The van der Waals surface area contributed by atoms with Gasteiger partial charge in [-0.3, -0.25) is 9.78 Å². The van der Waals surface area contributed by atoms with E-state index in [4.69, 9.17) is 0 Å². The third-order valence-corrected chi connectivity index (χ3v) is 2.52. The molecular formula is C11H12N2O2. The lowest BCUT2D eigenvalue weighted by molar-refractivity contribution is -0.128. The summed E-state index contributed by atoms with van der Waals surface area (Å²) in [6.07, 6.45) is 2.90. The Morgan fingerprint density at radius 2 is 2.40 bits per heavy atom. The number of carbonyl (C=O) groups excluding carboxylic acids is 2. The molecule has 0 bridgehead atoms. The fraction of sp³-hybridized carbons (Fsp3) is 0.364. The molecule has 1 unspecified atom stereocenters. The summed E-state index contributed by atoms with van der Waals surface area (Å²) in [7, 11) is 0. The summed E-state index contributed by atoms with van der Waals surface area (Å²) in [5.74, 6) is -0.0982. The number of aromatic nitrogens is 1. The highest BCUT2D eigenvalue weighted by atomic mass is 16.2. The lowest BCUT2D eigenvalue weighted by Crippen LogP contribution is -2.25. The van der Waals surface area contributed by atoms with E-state index in [0.717, 1.165) is 12.0 Å². The molecule has 1 saturated heterocycles. The maximum Gasteiger partial charge on any atom is 0.223 e. The average Bonchev–Trinajstić information content (AvgIpc) is 2.61. The van der Waals surface area contributed by atoms with Gasteiger partial charge in [-0.25, -0.2) is 0 Å². The number of rotatable bonds is 3. The highest BCUT2D eigenvalue weighted by Crippen LogP contribution is 2.17. The quantitative estimate of drug-likeness (QED) is 0.678. The summed E-state index contributed by atoms with van der Waals surface area (Å²) in [4.78, 5) is 27.9. The van der Waals surface area contributed by atoms with E-state index >= 15 is 0 Å². The summed E-state index contributed by atoms with van der Waals surface area (Å²) in [6, 6.07) is 5.60. The van der Waals surface area contributed by atoms with E-state index in [1.807, 2.05) is 18.2 Å². The minimum absolute atomic E-state index is 0.0396. The Balaban J connectivity index is 2.01. The first-order valence-corrected chi connectivity index (χ1v) is 4.92. The van der Waals surface area contributed by atoms with Crippen molar-refractivity contribution < 1.29 is 9.59 Å². The molecule has 4 nitrogen and oxygen atoms in total. The van der Waals surface area contributed by atoms with E-state index < -0.39 is 0 Å². The van der Waals surface area contributed by atoms with Crippen LogP contribution in [0.1, 0.15) is 12.1 Å². The number of hydrogen-bond acceptors (Lipinski definition) is 3. The average molecular weight is 204 g/mol. The molecular weight excluding hydrogens is 192 g/mol. The summed E-state index contributed by atoms with van der Waals surface area (Å²) >= 11 is 0. The molecule has 1 fully saturated rings. The highest BCUT2D eigenvalue weighted by Gasteiger charge is 2.29. The van der Waals surface area contributed by atoms with Gasteiger partial charge in [-0.05, 0) is 12.1 Å². The van der Waals surface area contributed by atoms with Gasteiger partial charge in [0.15, 0.2) is 0 Å². The number of aldehydes is 1. The number of likely N-dealkylation sites (tertiary alicyclic amines) is 1. The predicted molar refractivity (Wildman–Crippen MR) is 53.8 cm³/mol. The Morgan fingerprint density at radius 1 is 1.53 bits per heavy atom. The largest absolute Gasteiger partial charge is 0.336 e. The first-order valence-electron chi connectivity index (χ1n) is 4.92. The maximum atomic E-state index is 11.5. The van der Waals surface area contributed by atoms with Crippen LogP contribution in [0, 0.1) is 5.92 Å². The van der Waals surface area contributed by atoms with E-state index in [9.17, 15) is 9.59 Å². The zero-order valence-corrected chi connectivity index (χ0v) is 8.30. The third kappa shape index (κ3) is 2.21. The lowest BCUT2D eigenvalue weighted by Gasteiger charge is -2.14. The van der Waals surface area contributed by atoms with Crippen LogP contribution >= 0.6 is 0 Å². The van der Waals surface area contributed by atoms with Gasteiger partial charge in [0.05, 0.1) is 12.2 Å². The van der Waals surface area contributed by atoms with Crippen molar-refractivity contribution in [3.8, 4) is 0 Å². The van der Waals surface area contributed by atoms with Crippen LogP contribution in [-0.2, 0) is 16.1 Å². The summed E-state index contributed by atoms with van der Waals surface area (Å²) in [5.41, 5.74) is 0.859. The van der Waals surface area contributed by atoms with Crippen molar-refractivity contribution >= 4 is 12.2 Å². The molecule has 2 rings (SSSR count). The fourth-order valence-electron chi connectivity index (χ4n) is 1.73. The minimum atomic E-state index is -0.138. The van der Waals surface area contributed by atoms with Crippen molar-refractivity contribution in [1.29, 1.82) is 0 Å². The van der Waals surface area contributed by atoms with Crippen molar-refractivity contribution in [2.75, 3.05) is 6.54 Å². The standard InChI is InChI=1S/C11H12N2O2/c14-8-9-5-11(15)13(6-9)7-10-3-1-2-4-12-10/h1-4,8-9H,5-7H2. The van der Waals surface area contributed by atoms with E-state index in [-0.39, 0.29) is 11.8 Å². The van der Waals surface area contributed by atoms with Gasteiger partial charge in [0.1, 0.15) is 6.29 Å². The second kappa shape index (κ2) is 4.21. The highest BCUT2D eigenvalue weighted by molar-refractivity contribution is 5.82.